The first-order chi connectivity index (χ1) is 7.63. The fourth-order valence-corrected chi connectivity index (χ4v) is 1.51. The zero-order valence-corrected chi connectivity index (χ0v) is 8.64. The third-order valence-corrected chi connectivity index (χ3v) is 2.21. The van der Waals surface area contributed by atoms with Gasteiger partial charge in [0.25, 0.3) is 0 Å². The van der Waals surface area contributed by atoms with E-state index in [0.29, 0.717) is 11.0 Å². The second-order valence-corrected chi connectivity index (χ2v) is 3.20. The van der Waals surface area contributed by atoms with Crippen LogP contribution in [0.2, 0.25) is 0 Å². The second-order valence-electron chi connectivity index (χ2n) is 3.20. The van der Waals surface area contributed by atoms with Crippen LogP contribution >= 0.6 is 0 Å². The fraction of sp³-hybridized carbons (Fsp3) is 0.222. The molecule has 0 saturated carbocycles. The number of nitrogens with one attached hydrogen (secondary N) is 1. The van der Waals surface area contributed by atoms with Crippen molar-refractivity contribution >= 4 is 28.8 Å². The summed E-state index contributed by atoms with van der Waals surface area (Å²) in [5.74, 6) is 0.512. The lowest BCUT2D eigenvalue weighted by Crippen LogP contribution is -2.30. The molecule has 0 aromatic carbocycles. The van der Waals surface area contributed by atoms with E-state index in [9.17, 15) is 4.79 Å². The summed E-state index contributed by atoms with van der Waals surface area (Å²) in [6.07, 6.45) is 0.398. The number of aromatic amines is 1. The zero-order chi connectivity index (χ0) is 11.7. The second kappa shape index (κ2) is 3.69. The molecule has 84 valence electrons. The van der Waals surface area contributed by atoms with Gasteiger partial charge in [0.1, 0.15) is 11.3 Å². The van der Waals surface area contributed by atoms with E-state index in [1.165, 1.54) is 6.33 Å². The molecule has 2 rings (SSSR count). The average molecular weight is 221 g/mol. The predicted octanol–water partition coefficient (Wildman–Crippen LogP) is 1.04. The van der Waals surface area contributed by atoms with Crippen molar-refractivity contribution in [1.29, 1.82) is 0 Å². The first-order valence-electron chi connectivity index (χ1n) is 4.73. The smallest absolute Gasteiger partial charge is 0.413 e. The van der Waals surface area contributed by atoms with Crippen LogP contribution in [0.15, 0.2) is 12.4 Å². The van der Waals surface area contributed by atoms with Gasteiger partial charge in [0.2, 0.25) is 0 Å². The highest BCUT2D eigenvalue weighted by Crippen LogP contribution is 2.23. The van der Waals surface area contributed by atoms with Crippen LogP contribution in [0.3, 0.4) is 0 Å². The Morgan fingerprint density at radius 3 is 3.06 bits per heavy atom. The molecule has 2 aromatic rings. The molecule has 0 unspecified atom stereocenters. The Kier molecular flexibility index (Phi) is 2.35. The van der Waals surface area contributed by atoms with E-state index < -0.39 is 6.09 Å². The summed E-state index contributed by atoms with van der Waals surface area (Å²) in [5.41, 5.74) is 6.77. The van der Waals surface area contributed by atoms with E-state index in [-0.39, 0.29) is 18.2 Å². The molecule has 0 aliphatic rings. The van der Waals surface area contributed by atoms with Gasteiger partial charge in [-0.25, -0.2) is 14.8 Å². The summed E-state index contributed by atoms with van der Waals surface area (Å²) >= 11 is 0. The standard InChI is InChI=1S/C9H11N5O2/c1-2-14(9(15)16)8-7-5(11-4-12-7)3-6(10)13-8/h3-4H,2H2,1H3,(H2,10,13)(H,11,12)(H,15,16). The van der Waals surface area contributed by atoms with Gasteiger partial charge in [-0.3, -0.25) is 4.90 Å². The van der Waals surface area contributed by atoms with E-state index >= 15 is 0 Å². The van der Waals surface area contributed by atoms with Crippen molar-refractivity contribution in [2.75, 3.05) is 17.2 Å². The molecule has 0 aliphatic carbocycles. The highest BCUT2D eigenvalue weighted by molar-refractivity contribution is 5.96. The molecule has 0 atom stereocenters. The summed E-state index contributed by atoms with van der Waals surface area (Å²) < 4.78 is 0. The Bertz CT molecular complexity index is 536. The molecule has 7 nitrogen and oxygen atoms in total. The number of nitrogens with zero attached hydrogens (tertiary/aromatic N) is 3. The highest BCUT2D eigenvalue weighted by atomic mass is 16.4. The molecule has 2 aromatic heterocycles. The van der Waals surface area contributed by atoms with Crippen LogP contribution in [0.25, 0.3) is 11.0 Å². The number of hydrogen-bond donors (Lipinski definition) is 3. The number of H-pyrrole nitrogens is 1. The van der Waals surface area contributed by atoms with E-state index in [0.717, 1.165) is 4.90 Å². The monoisotopic (exact) mass is 221 g/mol. The van der Waals surface area contributed by atoms with Crippen molar-refractivity contribution < 1.29 is 9.90 Å². The molecule has 2 heterocycles. The number of amides is 1. The minimum Gasteiger partial charge on any atom is -0.465 e. The van der Waals surface area contributed by atoms with E-state index in [4.69, 9.17) is 10.8 Å². The van der Waals surface area contributed by atoms with Crippen LogP contribution in [-0.2, 0) is 0 Å². The quantitative estimate of drug-likeness (QED) is 0.702. The van der Waals surface area contributed by atoms with Crippen molar-refractivity contribution in [3.63, 3.8) is 0 Å². The molecule has 0 spiro atoms. The van der Waals surface area contributed by atoms with Gasteiger partial charge in [-0.1, -0.05) is 0 Å². The number of anilines is 2. The number of aromatic nitrogens is 3. The number of rotatable bonds is 2. The van der Waals surface area contributed by atoms with Gasteiger partial charge in [-0.05, 0) is 6.92 Å². The van der Waals surface area contributed by atoms with E-state index in [2.05, 4.69) is 15.0 Å². The maximum atomic E-state index is 11.0. The maximum Gasteiger partial charge on any atom is 0.413 e. The molecular formula is C9H11N5O2. The molecule has 1 amide bonds. The number of pyridine rings is 1. The van der Waals surface area contributed by atoms with Gasteiger partial charge < -0.3 is 15.8 Å². The summed E-state index contributed by atoms with van der Waals surface area (Å²) in [4.78, 5) is 23.0. The average Bonchev–Trinajstić information content (AvgIpc) is 2.65. The Hall–Kier alpha value is -2.31. The number of carbonyl (C=O) groups is 1. The van der Waals surface area contributed by atoms with Crippen LogP contribution < -0.4 is 10.6 Å². The van der Waals surface area contributed by atoms with Crippen molar-refractivity contribution in [3.05, 3.63) is 12.4 Å². The van der Waals surface area contributed by atoms with Crippen molar-refractivity contribution in [1.82, 2.24) is 15.0 Å². The summed E-state index contributed by atoms with van der Waals surface area (Å²) in [7, 11) is 0. The zero-order valence-electron chi connectivity index (χ0n) is 8.64. The third-order valence-electron chi connectivity index (χ3n) is 2.21. The summed E-state index contributed by atoms with van der Waals surface area (Å²) in [6, 6.07) is 1.61. The van der Waals surface area contributed by atoms with Crippen LogP contribution in [0, 0.1) is 0 Å². The summed E-state index contributed by atoms with van der Waals surface area (Å²) in [6.45, 7) is 2.01. The molecule has 0 fully saturated rings. The van der Waals surface area contributed by atoms with E-state index in [1.807, 2.05) is 0 Å². The Morgan fingerprint density at radius 1 is 1.69 bits per heavy atom. The van der Waals surface area contributed by atoms with E-state index in [1.54, 1.807) is 13.0 Å². The number of hydrogen-bond acceptors (Lipinski definition) is 4. The molecule has 0 aliphatic heterocycles. The van der Waals surface area contributed by atoms with Gasteiger partial charge in [-0.2, -0.15) is 0 Å². The summed E-state index contributed by atoms with van der Waals surface area (Å²) in [5, 5.41) is 9.02. The minimum absolute atomic E-state index is 0.256. The van der Waals surface area contributed by atoms with Gasteiger partial charge >= 0.3 is 6.09 Å². The number of nitrogens with two attached hydrogens (primary N) is 1. The van der Waals surface area contributed by atoms with Crippen LogP contribution in [0.5, 0.6) is 0 Å². The molecule has 7 heteroatoms. The van der Waals surface area contributed by atoms with Gasteiger partial charge in [-0.15, -0.1) is 0 Å². The lowest BCUT2D eigenvalue weighted by molar-refractivity contribution is 0.202. The first kappa shape index (κ1) is 10.2. The number of nitrogen functional groups attached to an aromatic ring is 1. The Balaban J connectivity index is 2.65. The number of imidazole rings is 1. The normalized spacial score (nSPS) is 10.6. The van der Waals surface area contributed by atoms with Crippen LogP contribution in [0.4, 0.5) is 16.4 Å². The SMILES string of the molecule is CCN(C(=O)O)c1nc(N)cc2[nH]cnc12. The molecule has 0 saturated heterocycles. The number of fused-ring (bicyclic) bond motifs is 1. The largest absolute Gasteiger partial charge is 0.465 e. The third kappa shape index (κ3) is 1.52. The van der Waals surface area contributed by atoms with Crippen molar-refractivity contribution in [3.8, 4) is 0 Å². The molecule has 16 heavy (non-hydrogen) atoms. The maximum absolute atomic E-state index is 11.0. The predicted molar refractivity (Wildman–Crippen MR) is 59.3 cm³/mol. The topological polar surface area (TPSA) is 108 Å². The molecule has 0 radical (unpaired) electrons. The minimum atomic E-state index is -1.08. The van der Waals surface area contributed by atoms with Crippen molar-refractivity contribution in [2.24, 2.45) is 0 Å². The highest BCUT2D eigenvalue weighted by Gasteiger charge is 2.18. The fourth-order valence-electron chi connectivity index (χ4n) is 1.51. The molecular weight excluding hydrogens is 210 g/mol. The van der Waals surface area contributed by atoms with Gasteiger partial charge in [0, 0.05) is 12.6 Å². The van der Waals surface area contributed by atoms with Crippen LogP contribution in [-0.4, -0.2) is 32.7 Å². The first-order valence-corrected chi connectivity index (χ1v) is 4.73. The Morgan fingerprint density at radius 2 is 2.44 bits per heavy atom. The van der Waals surface area contributed by atoms with Gasteiger partial charge in [0.15, 0.2) is 5.82 Å². The lowest BCUT2D eigenvalue weighted by Gasteiger charge is -2.16. The van der Waals surface area contributed by atoms with Crippen molar-refractivity contribution in [2.45, 2.75) is 6.92 Å². The Labute approximate surface area is 90.9 Å². The van der Waals surface area contributed by atoms with Gasteiger partial charge in [0.05, 0.1) is 11.8 Å². The molecule has 4 N–H and O–H groups in total. The lowest BCUT2D eigenvalue weighted by atomic mass is 10.3. The van der Waals surface area contributed by atoms with Crippen LogP contribution in [0.1, 0.15) is 6.92 Å². The molecule has 0 bridgehead atoms. The number of carboxylic acid groups (broad SMARTS) is 1.